The first-order valence-corrected chi connectivity index (χ1v) is 6.61. The number of hydrogen-bond acceptors (Lipinski definition) is 3. The van der Waals surface area contributed by atoms with Gasteiger partial charge in [0, 0.05) is 31.7 Å². The highest BCUT2D eigenvalue weighted by Crippen LogP contribution is 2.36. The van der Waals surface area contributed by atoms with Crippen molar-refractivity contribution in [3.8, 4) is 0 Å². The van der Waals surface area contributed by atoms with Gasteiger partial charge < -0.3 is 5.11 Å². The van der Waals surface area contributed by atoms with Gasteiger partial charge in [-0.05, 0) is 39.5 Å². The van der Waals surface area contributed by atoms with Crippen LogP contribution < -0.4 is 0 Å². The SMILES string of the molecule is CC(C)(C)N1CCN(C(C(=O)O)C2CC2)CC1. The van der Waals surface area contributed by atoms with Crippen molar-refractivity contribution in [2.75, 3.05) is 26.2 Å². The van der Waals surface area contributed by atoms with E-state index in [-0.39, 0.29) is 11.6 Å². The second-order valence-corrected chi connectivity index (χ2v) is 6.31. The lowest BCUT2D eigenvalue weighted by atomic mass is 10.0. The zero-order chi connectivity index (χ0) is 12.6. The zero-order valence-electron chi connectivity index (χ0n) is 11.1. The molecule has 1 saturated carbocycles. The number of hydrogen-bond donors (Lipinski definition) is 1. The van der Waals surface area contributed by atoms with Gasteiger partial charge in [-0.1, -0.05) is 0 Å². The van der Waals surface area contributed by atoms with E-state index in [1.54, 1.807) is 0 Å². The molecule has 0 bridgehead atoms. The smallest absolute Gasteiger partial charge is 0.321 e. The number of carboxylic acid groups (broad SMARTS) is 1. The van der Waals surface area contributed by atoms with Crippen molar-refractivity contribution < 1.29 is 9.90 Å². The van der Waals surface area contributed by atoms with E-state index in [4.69, 9.17) is 0 Å². The van der Waals surface area contributed by atoms with Gasteiger partial charge in [0.2, 0.25) is 0 Å². The standard InChI is InChI=1S/C13H24N2O2/c1-13(2,3)15-8-6-14(7-9-15)11(12(16)17)10-4-5-10/h10-11H,4-9H2,1-3H3,(H,16,17). The molecular formula is C13H24N2O2. The molecule has 4 nitrogen and oxygen atoms in total. The van der Waals surface area contributed by atoms with Crippen LogP contribution in [0.5, 0.6) is 0 Å². The van der Waals surface area contributed by atoms with Crippen LogP contribution in [-0.2, 0) is 4.79 Å². The first kappa shape index (κ1) is 12.8. The number of rotatable bonds is 3. The molecule has 0 aromatic rings. The van der Waals surface area contributed by atoms with Gasteiger partial charge in [-0.2, -0.15) is 0 Å². The number of carboxylic acids is 1. The Hall–Kier alpha value is -0.610. The lowest BCUT2D eigenvalue weighted by molar-refractivity contribution is -0.145. The quantitative estimate of drug-likeness (QED) is 0.806. The number of aliphatic carboxylic acids is 1. The molecule has 1 aliphatic heterocycles. The highest BCUT2D eigenvalue weighted by Gasteiger charge is 2.41. The average Bonchev–Trinajstić information content (AvgIpc) is 3.01. The van der Waals surface area contributed by atoms with Crippen molar-refractivity contribution in [2.45, 2.75) is 45.2 Å². The van der Waals surface area contributed by atoms with Crippen LogP contribution in [0, 0.1) is 5.92 Å². The highest BCUT2D eigenvalue weighted by molar-refractivity contribution is 5.74. The van der Waals surface area contributed by atoms with Gasteiger partial charge in [0.1, 0.15) is 6.04 Å². The molecule has 0 aromatic carbocycles. The fraction of sp³-hybridized carbons (Fsp3) is 0.923. The average molecular weight is 240 g/mol. The third-order valence-electron chi connectivity index (χ3n) is 3.98. The van der Waals surface area contributed by atoms with Crippen LogP contribution in [0.25, 0.3) is 0 Å². The molecule has 1 saturated heterocycles. The Morgan fingerprint density at radius 1 is 1.18 bits per heavy atom. The minimum atomic E-state index is -0.628. The molecule has 17 heavy (non-hydrogen) atoms. The van der Waals surface area contributed by atoms with E-state index >= 15 is 0 Å². The predicted molar refractivity (Wildman–Crippen MR) is 67.0 cm³/mol. The topological polar surface area (TPSA) is 43.8 Å². The third-order valence-corrected chi connectivity index (χ3v) is 3.98. The molecule has 1 N–H and O–H groups in total. The first-order chi connectivity index (χ1) is 7.89. The molecule has 0 spiro atoms. The van der Waals surface area contributed by atoms with Gasteiger partial charge in [-0.3, -0.25) is 14.6 Å². The summed E-state index contributed by atoms with van der Waals surface area (Å²) < 4.78 is 0. The van der Waals surface area contributed by atoms with Crippen LogP contribution in [-0.4, -0.2) is 58.6 Å². The van der Waals surface area contributed by atoms with E-state index in [1.165, 1.54) is 0 Å². The Kier molecular flexibility index (Phi) is 3.46. The van der Waals surface area contributed by atoms with Crippen molar-refractivity contribution in [3.63, 3.8) is 0 Å². The molecule has 1 unspecified atom stereocenters. The van der Waals surface area contributed by atoms with Gasteiger partial charge in [0.25, 0.3) is 0 Å². The summed E-state index contributed by atoms with van der Waals surface area (Å²) in [5.41, 5.74) is 0.199. The maximum absolute atomic E-state index is 11.3. The van der Waals surface area contributed by atoms with Crippen LogP contribution in [0.1, 0.15) is 33.6 Å². The van der Waals surface area contributed by atoms with E-state index in [0.717, 1.165) is 39.0 Å². The van der Waals surface area contributed by atoms with E-state index in [1.807, 2.05) is 0 Å². The van der Waals surface area contributed by atoms with Gasteiger partial charge in [0.15, 0.2) is 0 Å². The molecule has 1 heterocycles. The summed E-state index contributed by atoms with van der Waals surface area (Å²) in [7, 11) is 0. The maximum atomic E-state index is 11.3. The molecule has 1 atom stereocenters. The van der Waals surface area contributed by atoms with Crippen LogP contribution in [0.4, 0.5) is 0 Å². The molecule has 0 aromatic heterocycles. The van der Waals surface area contributed by atoms with Crippen molar-refractivity contribution in [2.24, 2.45) is 5.92 Å². The Labute approximate surface area is 104 Å². The molecule has 1 aliphatic carbocycles. The highest BCUT2D eigenvalue weighted by atomic mass is 16.4. The van der Waals surface area contributed by atoms with Crippen LogP contribution >= 0.6 is 0 Å². The number of nitrogens with zero attached hydrogens (tertiary/aromatic N) is 2. The molecule has 2 fully saturated rings. The molecular weight excluding hydrogens is 216 g/mol. The monoisotopic (exact) mass is 240 g/mol. The number of carbonyl (C=O) groups is 1. The minimum absolute atomic E-state index is 0.199. The first-order valence-electron chi connectivity index (χ1n) is 6.61. The van der Waals surface area contributed by atoms with Crippen molar-refractivity contribution in [1.82, 2.24) is 9.80 Å². The zero-order valence-corrected chi connectivity index (χ0v) is 11.1. The van der Waals surface area contributed by atoms with Gasteiger partial charge >= 0.3 is 5.97 Å². The fourth-order valence-electron chi connectivity index (χ4n) is 2.74. The predicted octanol–water partition coefficient (Wildman–Crippen LogP) is 1.27. The summed E-state index contributed by atoms with van der Waals surface area (Å²) in [6, 6.07) is -0.225. The Balaban J connectivity index is 1.91. The second-order valence-electron chi connectivity index (χ2n) is 6.31. The fourth-order valence-corrected chi connectivity index (χ4v) is 2.74. The molecule has 0 radical (unpaired) electrons. The number of piperazine rings is 1. The van der Waals surface area contributed by atoms with Crippen LogP contribution in [0.3, 0.4) is 0 Å². The van der Waals surface area contributed by atoms with E-state index in [2.05, 4.69) is 30.6 Å². The summed E-state index contributed by atoms with van der Waals surface area (Å²) in [6.07, 6.45) is 2.19. The third kappa shape index (κ3) is 2.99. The van der Waals surface area contributed by atoms with Gasteiger partial charge in [0.05, 0.1) is 0 Å². The van der Waals surface area contributed by atoms with Crippen LogP contribution in [0.2, 0.25) is 0 Å². The Bertz CT molecular complexity index is 286. The van der Waals surface area contributed by atoms with Gasteiger partial charge in [-0.25, -0.2) is 0 Å². The second kappa shape index (κ2) is 4.58. The lowest BCUT2D eigenvalue weighted by Gasteiger charge is -2.43. The van der Waals surface area contributed by atoms with Crippen molar-refractivity contribution in [1.29, 1.82) is 0 Å². The Morgan fingerprint density at radius 3 is 2.06 bits per heavy atom. The molecule has 0 amide bonds. The van der Waals surface area contributed by atoms with E-state index in [0.29, 0.717) is 5.92 Å². The summed E-state index contributed by atoms with van der Waals surface area (Å²) >= 11 is 0. The van der Waals surface area contributed by atoms with Gasteiger partial charge in [-0.15, -0.1) is 0 Å². The van der Waals surface area contributed by atoms with E-state index < -0.39 is 5.97 Å². The van der Waals surface area contributed by atoms with E-state index in [9.17, 15) is 9.90 Å². The summed E-state index contributed by atoms with van der Waals surface area (Å²) in [5.74, 6) is -0.217. The normalized spacial score (nSPS) is 25.8. The summed E-state index contributed by atoms with van der Waals surface area (Å²) in [4.78, 5) is 15.9. The summed E-state index contributed by atoms with van der Waals surface area (Å²) in [6.45, 7) is 10.4. The van der Waals surface area contributed by atoms with Crippen molar-refractivity contribution >= 4 is 5.97 Å². The molecule has 2 rings (SSSR count). The molecule has 98 valence electrons. The molecule has 2 aliphatic rings. The summed E-state index contributed by atoms with van der Waals surface area (Å²) in [5, 5.41) is 9.31. The van der Waals surface area contributed by atoms with Crippen LogP contribution in [0.15, 0.2) is 0 Å². The largest absolute Gasteiger partial charge is 0.480 e. The maximum Gasteiger partial charge on any atom is 0.321 e. The lowest BCUT2D eigenvalue weighted by Crippen LogP contribution is -2.57. The molecule has 4 heteroatoms. The van der Waals surface area contributed by atoms with Crippen molar-refractivity contribution in [3.05, 3.63) is 0 Å². The minimum Gasteiger partial charge on any atom is -0.480 e. The Morgan fingerprint density at radius 2 is 1.71 bits per heavy atom.